The summed E-state index contributed by atoms with van der Waals surface area (Å²) < 4.78 is 0.958. The number of hydrogen-bond donors (Lipinski definition) is 1. The topological polar surface area (TPSA) is 20.2 Å². The lowest BCUT2D eigenvalue weighted by molar-refractivity contribution is 0.177. The Kier molecular flexibility index (Phi) is 4.16. The van der Waals surface area contributed by atoms with Crippen LogP contribution >= 0.6 is 27.5 Å². The molecule has 104 valence electrons. The van der Waals surface area contributed by atoms with E-state index in [1.54, 1.807) is 0 Å². The lowest BCUT2D eigenvalue weighted by Crippen LogP contribution is -2.05. The summed E-state index contributed by atoms with van der Waals surface area (Å²) in [5.74, 6) is 0.640. The van der Waals surface area contributed by atoms with Gasteiger partial charge in [-0.2, -0.15) is 0 Å². The lowest BCUT2D eigenvalue weighted by Gasteiger charge is -2.16. The van der Waals surface area contributed by atoms with E-state index in [4.69, 9.17) is 11.6 Å². The first-order chi connectivity index (χ1) is 9.65. The van der Waals surface area contributed by atoms with Gasteiger partial charge in [0.2, 0.25) is 0 Å². The third-order valence-corrected chi connectivity index (χ3v) is 4.65. The maximum absolute atomic E-state index is 10.6. The molecule has 0 spiro atoms. The second kappa shape index (κ2) is 5.88. The molecule has 3 rings (SSSR count). The molecular formula is C17H16BrClO. The molecule has 0 bridgehead atoms. The number of hydrogen-bond acceptors (Lipinski definition) is 1. The molecule has 0 aromatic heterocycles. The predicted octanol–water partition coefficient (Wildman–Crippen LogP) is 5.26. The number of aliphatic hydroxyl groups is 1. The van der Waals surface area contributed by atoms with Gasteiger partial charge in [-0.15, -0.1) is 0 Å². The van der Waals surface area contributed by atoms with Gasteiger partial charge in [-0.1, -0.05) is 57.9 Å². The maximum Gasteiger partial charge on any atom is 0.0833 e. The van der Waals surface area contributed by atoms with E-state index >= 15 is 0 Å². The Morgan fingerprint density at radius 1 is 1.20 bits per heavy atom. The largest absolute Gasteiger partial charge is 0.388 e. The average Bonchev–Trinajstić information content (AvgIpc) is 3.26. The van der Waals surface area contributed by atoms with E-state index in [0.717, 1.165) is 15.6 Å². The van der Waals surface area contributed by atoms with Gasteiger partial charge in [-0.25, -0.2) is 0 Å². The van der Waals surface area contributed by atoms with Crippen LogP contribution in [-0.4, -0.2) is 5.11 Å². The summed E-state index contributed by atoms with van der Waals surface area (Å²) in [6, 6.07) is 14.0. The molecule has 1 atom stereocenters. The molecular weight excluding hydrogens is 336 g/mol. The van der Waals surface area contributed by atoms with Crippen molar-refractivity contribution in [1.82, 2.24) is 0 Å². The molecule has 0 saturated heterocycles. The van der Waals surface area contributed by atoms with Gasteiger partial charge in [0.25, 0.3) is 0 Å². The molecule has 2 aromatic rings. The SMILES string of the molecule is OC(Cc1ccc(Br)cc1Cl)c1ccccc1C1CC1. The second-order valence-corrected chi connectivity index (χ2v) is 6.68. The Labute approximate surface area is 132 Å². The Bertz CT molecular complexity index is 622. The summed E-state index contributed by atoms with van der Waals surface area (Å²) in [4.78, 5) is 0. The van der Waals surface area contributed by atoms with Gasteiger partial charge >= 0.3 is 0 Å². The first-order valence-corrected chi connectivity index (χ1v) is 8.03. The van der Waals surface area contributed by atoms with Crippen LogP contribution in [-0.2, 0) is 6.42 Å². The monoisotopic (exact) mass is 350 g/mol. The molecule has 1 aliphatic rings. The van der Waals surface area contributed by atoms with Crippen molar-refractivity contribution in [3.63, 3.8) is 0 Å². The standard InChI is InChI=1S/C17H16BrClO/c18-13-8-7-12(16(19)10-13)9-17(20)15-4-2-1-3-14(15)11-5-6-11/h1-4,7-8,10-11,17,20H,5-6,9H2. The molecule has 3 heteroatoms. The minimum Gasteiger partial charge on any atom is -0.388 e. The van der Waals surface area contributed by atoms with Gasteiger partial charge in [0.1, 0.15) is 0 Å². The molecule has 20 heavy (non-hydrogen) atoms. The van der Waals surface area contributed by atoms with Gasteiger partial charge in [0, 0.05) is 15.9 Å². The van der Waals surface area contributed by atoms with E-state index in [2.05, 4.69) is 28.1 Å². The zero-order valence-corrected chi connectivity index (χ0v) is 13.4. The zero-order valence-electron chi connectivity index (χ0n) is 11.0. The fourth-order valence-corrected chi connectivity index (χ4v) is 3.34. The molecule has 1 N–H and O–H groups in total. The van der Waals surface area contributed by atoms with Crippen LogP contribution in [0.5, 0.6) is 0 Å². The molecule has 2 aromatic carbocycles. The lowest BCUT2D eigenvalue weighted by atomic mass is 9.95. The van der Waals surface area contributed by atoms with Crippen molar-refractivity contribution in [2.24, 2.45) is 0 Å². The van der Waals surface area contributed by atoms with Crippen molar-refractivity contribution in [3.8, 4) is 0 Å². The summed E-state index contributed by atoms with van der Waals surface area (Å²) in [6.07, 6.45) is 2.53. The predicted molar refractivity (Wildman–Crippen MR) is 86.2 cm³/mol. The van der Waals surface area contributed by atoms with E-state index in [1.165, 1.54) is 18.4 Å². The molecule has 0 heterocycles. The molecule has 1 nitrogen and oxygen atoms in total. The Morgan fingerprint density at radius 2 is 1.95 bits per heavy atom. The van der Waals surface area contributed by atoms with Crippen LogP contribution in [0, 0.1) is 0 Å². The highest BCUT2D eigenvalue weighted by Crippen LogP contribution is 2.43. The van der Waals surface area contributed by atoms with Crippen molar-refractivity contribution in [2.75, 3.05) is 0 Å². The highest BCUT2D eigenvalue weighted by atomic mass is 79.9. The van der Waals surface area contributed by atoms with Crippen molar-refractivity contribution in [1.29, 1.82) is 0 Å². The quantitative estimate of drug-likeness (QED) is 0.797. The Morgan fingerprint density at radius 3 is 2.65 bits per heavy atom. The third-order valence-electron chi connectivity index (χ3n) is 3.80. The van der Waals surface area contributed by atoms with E-state index in [-0.39, 0.29) is 0 Å². The third kappa shape index (κ3) is 3.08. The van der Waals surface area contributed by atoms with Crippen LogP contribution in [0.3, 0.4) is 0 Å². The fraction of sp³-hybridized carbons (Fsp3) is 0.294. The number of halogens is 2. The van der Waals surface area contributed by atoms with Crippen molar-refractivity contribution in [3.05, 3.63) is 68.7 Å². The highest BCUT2D eigenvalue weighted by molar-refractivity contribution is 9.10. The smallest absolute Gasteiger partial charge is 0.0833 e. The van der Waals surface area contributed by atoms with Gasteiger partial charge in [-0.05, 0) is 47.6 Å². The maximum atomic E-state index is 10.6. The first-order valence-electron chi connectivity index (χ1n) is 6.86. The van der Waals surface area contributed by atoms with Gasteiger partial charge in [0.15, 0.2) is 0 Å². The minimum atomic E-state index is -0.495. The van der Waals surface area contributed by atoms with Gasteiger partial charge in [0.05, 0.1) is 6.10 Å². The van der Waals surface area contributed by atoms with E-state index in [1.807, 2.05) is 30.3 Å². The molecule has 0 aliphatic heterocycles. The molecule has 0 radical (unpaired) electrons. The van der Waals surface area contributed by atoms with Crippen LogP contribution in [0.2, 0.25) is 5.02 Å². The van der Waals surface area contributed by atoms with Crippen LogP contribution in [0.25, 0.3) is 0 Å². The fourth-order valence-electron chi connectivity index (χ4n) is 2.59. The zero-order chi connectivity index (χ0) is 14.1. The normalized spacial score (nSPS) is 16.1. The first kappa shape index (κ1) is 14.1. The van der Waals surface area contributed by atoms with Crippen LogP contribution in [0.15, 0.2) is 46.9 Å². The van der Waals surface area contributed by atoms with Crippen molar-refractivity contribution < 1.29 is 5.11 Å². The summed E-state index contributed by atoms with van der Waals surface area (Å²) >= 11 is 9.63. The van der Waals surface area contributed by atoms with Gasteiger partial charge in [-0.3, -0.25) is 0 Å². The summed E-state index contributed by atoms with van der Waals surface area (Å²) in [7, 11) is 0. The molecule has 0 amide bonds. The molecule has 1 aliphatic carbocycles. The van der Waals surface area contributed by atoms with Crippen LogP contribution < -0.4 is 0 Å². The minimum absolute atomic E-state index is 0.495. The summed E-state index contributed by atoms with van der Waals surface area (Å²) in [6.45, 7) is 0. The number of rotatable bonds is 4. The van der Waals surface area contributed by atoms with Crippen LogP contribution in [0.1, 0.15) is 41.6 Å². The van der Waals surface area contributed by atoms with E-state index < -0.39 is 6.10 Å². The van der Waals surface area contributed by atoms with Crippen LogP contribution in [0.4, 0.5) is 0 Å². The Balaban J connectivity index is 1.84. The molecule has 1 unspecified atom stereocenters. The second-order valence-electron chi connectivity index (χ2n) is 5.36. The van der Waals surface area contributed by atoms with Crippen molar-refractivity contribution >= 4 is 27.5 Å². The summed E-state index contributed by atoms with van der Waals surface area (Å²) in [5, 5.41) is 11.3. The number of benzene rings is 2. The average molecular weight is 352 g/mol. The Hall–Kier alpha value is -0.830. The van der Waals surface area contributed by atoms with Gasteiger partial charge < -0.3 is 5.11 Å². The number of aliphatic hydroxyl groups excluding tert-OH is 1. The highest BCUT2D eigenvalue weighted by Gasteiger charge is 2.27. The van der Waals surface area contributed by atoms with Crippen molar-refractivity contribution in [2.45, 2.75) is 31.3 Å². The molecule has 1 fully saturated rings. The van der Waals surface area contributed by atoms with E-state index in [9.17, 15) is 5.11 Å². The molecule has 1 saturated carbocycles. The summed E-state index contributed by atoms with van der Waals surface area (Å²) in [5.41, 5.74) is 3.33. The van der Waals surface area contributed by atoms with E-state index in [0.29, 0.717) is 17.4 Å².